The standard InChI is InChI=1S/C23H24N2O2S2/c1-4-27-22(26)20-14-19(13-17-8-6-5-7-9-17)29-21(20)25-23(28)24-18-11-10-15(2)16(3)12-18/h5-12,14H,4,13H2,1-3H3,(H2,24,25,28). The van der Waals surface area contributed by atoms with E-state index in [0.717, 1.165) is 17.0 Å². The zero-order chi connectivity index (χ0) is 20.8. The molecular formula is C23H24N2O2S2. The number of thiocarbonyl (C=S) groups is 1. The molecule has 2 aromatic carbocycles. The van der Waals surface area contributed by atoms with Crippen molar-refractivity contribution in [3.05, 3.63) is 81.7 Å². The van der Waals surface area contributed by atoms with Crippen LogP contribution in [0.15, 0.2) is 54.6 Å². The van der Waals surface area contributed by atoms with E-state index in [2.05, 4.69) is 36.6 Å². The minimum atomic E-state index is -0.348. The van der Waals surface area contributed by atoms with E-state index in [9.17, 15) is 4.79 Å². The highest BCUT2D eigenvalue weighted by Crippen LogP contribution is 2.31. The number of aryl methyl sites for hydroxylation is 2. The van der Waals surface area contributed by atoms with Gasteiger partial charge < -0.3 is 15.4 Å². The second-order valence-electron chi connectivity index (χ2n) is 6.72. The lowest BCUT2D eigenvalue weighted by Gasteiger charge is -2.12. The van der Waals surface area contributed by atoms with Crippen LogP contribution in [0.2, 0.25) is 0 Å². The van der Waals surface area contributed by atoms with Crippen molar-refractivity contribution in [2.75, 3.05) is 17.2 Å². The lowest BCUT2D eigenvalue weighted by atomic mass is 10.1. The van der Waals surface area contributed by atoms with E-state index >= 15 is 0 Å². The lowest BCUT2D eigenvalue weighted by molar-refractivity contribution is 0.0528. The maximum atomic E-state index is 12.4. The van der Waals surface area contributed by atoms with Crippen LogP contribution >= 0.6 is 23.6 Å². The molecule has 3 rings (SSSR count). The smallest absolute Gasteiger partial charge is 0.341 e. The van der Waals surface area contributed by atoms with Gasteiger partial charge in [-0.3, -0.25) is 0 Å². The van der Waals surface area contributed by atoms with Crippen LogP contribution in [0.25, 0.3) is 0 Å². The minimum absolute atomic E-state index is 0.327. The van der Waals surface area contributed by atoms with Gasteiger partial charge in [-0.05, 0) is 67.9 Å². The third-order valence-corrected chi connectivity index (χ3v) is 5.75. The van der Waals surface area contributed by atoms with Crippen LogP contribution in [0.4, 0.5) is 10.7 Å². The summed E-state index contributed by atoms with van der Waals surface area (Å²) in [6, 6.07) is 18.1. The van der Waals surface area contributed by atoms with Crippen molar-refractivity contribution in [3.8, 4) is 0 Å². The van der Waals surface area contributed by atoms with Gasteiger partial charge >= 0.3 is 5.97 Å². The number of benzene rings is 2. The molecule has 0 fully saturated rings. The molecule has 3 aromatic rings. The topological polar surface area (TPSA) is 50.4 Å². The Bertz CT molecular complexity index is 1010. The van der Waals surface area contributed by atoms with Gasteiger partial charge in [0.1, 0.15) is 5.00 Å². The Labute approximate surface area is 180 Å². The van der Waals surface area contributed by atoms with Crippen molar-refractivity contribution < 1.29 is 9.53 Å². The molecule has 0 aliphatic rings. The number of ether oxygens (including phenoxy) is 1. The molecule has 4 nitrogen and oxygen atoms in total. The van der Waals surface area contributed by atoms with Crippen LogP contribution in [0.5, 0.6) is 0 Å². The van der Waals surface area contributed by atoms with Gasteiger partial charge in [0.05, 0.1) is 12.2 Å². The van der Waals surface area contributed by atoms with Crippen LogP contribution in [0, 0.1) is 13.8 Å². The SMILES string of the molecule is CCOC(=O)c1cc(Cc2ccccc2)sc1NC(=S)Nc1ccc(C)c(C)c1. The number of hydrogen-bond donors (Lipinski definition) is 2. The fourth-order valence-electron chi connectivity index (χ4n) is 2.86. The van der Waals surface area contributed by atoms with Gasteiger partial charge in [0.15, 0.2) is 5.11 Å². The van der Waals surface area contributed by atoms with E-state index < -0.39 is 0 Å². The van der Waals surface area contributed by atoms with E-state index in [1.165, 1.54) is 28.0 Å². The highest BCUT2D eigenvalue weighted by atomic mass is 32.1. The van der Waals surface area contributed by atoms with Crippen LogP contribution in [0.3, 0.4) is 0 Å². The molecule has 0 saturated heterocycles. The van der Waals surface area contributed by atoms with Crippen LogP contribution in [0.1, 0.15) is 38.8 Å². The van der Waals surface area contributed by atoms with Gasteiger partial charge in [-0.25, -0.2) is 4.79 Å². The van der Waals surface area contributed by atoms with Crippen molar-refractivity contribution in [2.45, 2.75) is 27.2 Å². The Hall–Kier alpha value is -2.70. The van der Waals surface area contributed by atoms with Gasteiger partial charge in [-0.1, -0.05) is 36.4 Å². The fraction of sp³-hybridized carbons (Fsp3) is 0.217. The summed E-state index contributed by atoms with van der Waals surface area (Å²) in [5, 5.41) is 7.49. The van der Waals surface area contributed by atoms with Crippen molar-refractivity contribution in [1.82, 2.24) is 0 Å². The second-order valence-corrected chi connectivity index (χ2v) is 8.26. The Morgan fingerprint density at radius 2 is 1.79 bits per heavy atom. The Kier molecular flexibility index (Phi) is 7.01. The molecule has 0 unspecified atom stereocenters. The fourth-order valence-corrected chi connectivity index (χ4v) is 4.23. The minimum Gasteiger partial charge on any atom is -0.462 e. The molecule has 0 atom stereocenters. The van der Waals surface area contributed by atoms with Gasteiger partial charge in [0, 0.05) is 17.0 Å². The summed E-state index contributed by atoms with van der Waals surface area (Å²) >= 11 is 6.99. The predicted molar refractivity (Wildman–Crippen MR) is 125 cm³/mol. The highest BCUT2D eigenvalue weighted by molar-refractivity contribution is 7.80. The first-order valence-corrected chi connectivity index (χ1v) is 10.7. The summed E-state index contributed by atoms with van der Waals surface area (Å²) in [5.41, 5.74) is 5.01. The molecule has 0 amide bonds. The maximum absolute atomic E-state index is 12.4. The summed E-state index contributed by atoms with van der Waals surface area (Å²) in [4.78, 5) is 13.5. The van der Waals surface area contributed by atoms with E-state index in [0.29, 0.717) is 22.3 Å². The van der Waals surface area contributed by atoms with Crippen molar-refractivity contribution in [1.29, 1.82) is 0 Å². The molecule has 0 aliphatic heterocycles. The number of rotatable bonds is 6. The molecule has 2 N–H and O–H groups in total. The highest BCUT2D eigenvalue weighted by Gasteiger charge is 2.18. The molecule has 0 aliphatic carbocycles. The number of hydrogen-bond acceptors (Lipinski definition) is 4. The first-order valence-electron chi connectivity index (χ1n) is 9.45. The number of thiophene rings is 1. The summed E-state index contributed by atoms with van der Waals surface area (Å²) in [7, 11) is 0. The number of nitrogens with one attached hydrogen (secondary N) is 2. The molecule has 6 heteroatoms. The van der Waals surface area contributed by atoms with E-state index in [-0.39, 0.29) is 5.97 Å². The number of carbonyl (C=O) groups is 1. The zero-order valence-electron chi connectivity index (χ0n) is 16.7. The molecule has 0 saturated carbocycles. The van der Waals surface area contributed by atoms with E-state index in [1.54, 1.807) is 6.92 Å². The quantitative estimate of drug-likeness (QED) is 0.379. The largest absolute Gasteiger partial charge is 0.462 e. The summed E-state index contributed by atoms with van der Waals surface area (Å²) in [5.74, 6) is -0.348. The first kappa shape index (κ1) is 21.0. The average Bonchev–Trinajstić information content (AvgIpc) is 3.08. The van der Waals surface area contributed by atoms with Gasteiger partial charge in [-0.15, -0.1) is 11.3 Å². The normalized spacial score (nSPS) is 10.4. The van der Waals surface area contributed by atoms with Crippen LogP contribution < -0.4 is 10.6 Å². The second kappa shape index (κ2) is 9.67. The maximum Gasteiger partial charge on any atom is 0.341 e. The summed E-state index contributed by atoms with van der Waals surface area (Å²) in [6.45, 7) is 6.26. The van der Waals surface area contributed by atoms with Gasteiger partial charge in [-0.2, -0.15) is 0 Å². The number of anilines is 2. The average molecular weight is 425 g/mol. The van der Waals surface area contributed by atoms with Crippen molar-refractivity contribution in [3.63, 3.8) is 0 Å². The van der Waals surface area contributed by atoms with Crippen LogP contribution in [-0.2, 0) is 11.2 Å². The number of carbonyl (C=O) groups excluding carboxylic acids is 1. The Balaban J connectivity index is 1.79. The van der Waals surface area contributed by atoms with Crippen LogP contribution in [-0.4, -0.2) is 17.7 Å². The molecule has 150 valence electrons. The molecule has 0 radical (unpaired) electrons. The zero-order valence-corrected chi connectivity index (χ0v) is 18.4. The predicted octanol–water partition coefficient (Wildman–Crippen LogP) is 5.94. The third-order valence-electron chi connectivity index (χ3n) is 4.49. The van der Waals surface area contributed by atoms with Crippen molar-refractivity contribution in [2.24, 2.45) is 0 Å². The lowest BCUT2D eigenvalue weighted by Crippen LogP contribution is -2.20. The number of esters is 1. The van der Waals surface area contributed by atoms with Gasteiger partial charge in [0.25, 0.3) is 0 Å². The molecule has 29 heavy (non-hydrogen) atoms. The monoisotopic (exact) mass is 424 g/mol. The molecule has 0 spiro atoms. The van der Waals surface area contributed by atoms with E-state index in [1.807, 2.05) is 42.5 Å². The van der Waals surface area contributed by atoms with Crippen molar-refractivity contribution >= 4 is 45.3 Å². The van der Waals surface area contributed by atoms with Gasteiger partial charge in [0.2, 0.25) is 0 Å². The molecular weight excluding hydrogens is 400 g/mol. The molecule has 0 bridgehead atoms. The summed E-state index contributed by atoms with van der Waals surface area (Å²) < 4.78 is 5.22. The Morgan fingerprint density at radius 3 is 2.48 bits per heavy atom. The Morgan fingerprint density at radius 1 is 1.03 bits per heavy atom. The summed E-state index contributed by atoms with van der Waals surface area (Å²) in [6.07, 6.45) is 0.747. The molecule has 1 aromatic heterocycles. The first-order chi connectivity index (χ1) is 14.0. The third kappa shape index (κ3) is 5.65. The molecule has 1 heterocycles. The van der Waals surface area contributed by atoms with E-state index in [4.69, 9.17) is 17.0 Å².